The van der Waals surface area contributed by atoms with Gasteiger partial charge in [0.05, 0.1) is 23.3 Å². The van der Waals surface area contributed by atoms with E-state index in [0.717, 1.165) is 60.2 Å². The molecule has 0 radical (unpaired) electrons. The summed E-state index contributed by atoms with van der Waals surface area (Å²) in [6.45, 7) is 0. The van der Waals surface area contributed by atoms with E-state index in [4.69, 9.17) is 12.3 Å². The highest BCUT2D eigenvalue weighted by molar-refractivity contribution is 5.97. The van der Waals surface area contributed by atoms with Gasteiger partial charge in [-0.2, -0.15) is 0 Å². The second-order valence-corrected chi connectivity index (χ2v) is 15.2. The van der Waals surface area contributed by atoms with Gasteiger partial charge in [-0.05, 0) is 149 Å². The first-order valence-corrected chi connectivity index (χ1v) is 20.9. The van der Waals surface area contributed by atoms with Crippen LogP contribution in [-0.2, 0) is 0 Å². The third-order valence-electron chi connectivity index (χ3n) is 11.2. The zero-order valence-corrected chi connectivity index (χ0v) is 34.6. The van der Waals surface area contributed by atoms with E-state index >= 15 is 0 Å². The smallest absolute Gasteiger partial charge is 0.0645 e. The second-order valence-electron chi connectivity index (χ2n) is 15.2. The number of benzene rings is 11. The summed E-state index contributed by atoms with van der Waals surface area (Å²) in [5.41, 5.74) is 3.60. The Morgan fingerprint density at radius 1 is 0.246 bits per heavy atom. The van der Waals surface area contributed by atoms with Gasteiger partial charge in [0.1, 0.15) is 0 Å². The van der Waals surface area contributed by atoms with E-state index in [1.165, 1.54) is 0 Å². The van der Waals surface area contributed by atoms with Crippen molar-refractivity contribution in [3.8, 4) is 77.9 Å². The van der Waals surface area contributed by atoms with Crippen LogP contribution in [0.15, 0.2) is 273 Å². The Hall–Kier alpha value is -8.52. The largest absolute Gasteiger partial charge is 0.311 e. The first kappa shape index (κ1) is 24.9. The van der Waals surface area contributed by atoms with E-state index in [1.807, 2.05) is 127 Å². The van der Waals surface area contributed by atoms with E-state index in [1.54, 1.807) is 36.4 Å². The van der Waals surface area contributed by atoms with Gasteiger partial charge >= 0.3 is 0 Å². The molecule has 0 spiro atoms. The Labute approximate surface area is 405 Å². The molecular formula is C64H45N. The van der Waals surface area contributed by atoms with Crippen LogP contribution in [0.25, 0.3) is 88.7 Å². The maximum atomic E-state index is 9.81. The molecule has 0 fully saturated rings. The highest BCUT2D eigenvalue weighted by Crippen LogP contribution is 2.40. The minimum atomic E-state index is -0.879. The molecular weight excluding hydrogens is 783 g/mol. The van der Waals surface area contributed by atoms with Crippen molar-refractivity contribution in [1.29, 1.82) is 0 Å². The summed E-state index contributed by atoms with van der Waals surface area (Å²) in [6.07, 6.45) is 0. The van der Waals surface area contributed by atoms with Crippen molar-refractivity contribution in [1.82, 2.24) is 0 Å². The van der Waals surface area contributed by atoms with Crippen molar-refractivity contribution in [2.75, 3.05) is 4.90 Å². The number of hydrogen-bond acceptors (Lipinski definition) is 1. The summed E-state index contributed by atoms with van der Waals surface area (Å²) in [4.78, 5) is 1.14. The molecule has 1 nitrogen and oxygen atoms in total. The van der Waals surface area contributed by atoms with Crippen molar-refractivity contribution in [2.24, 2.45) is 0 Å². The zero-order chi connectivity index (χ0) is 58.2. The molecule has 0 bridgehead atoms. The fourth-order valence-corrected chi connectivity index (χ4v) is 7.93. The molecule has 306 valence electrons. The lowest BCUT2D eigenvalue weighted by molar-refractivity contribution is 1.28. The second kappa shape index (κ2) is 17.7. The molecule has 65 heavy (non-hydrogen) atoms. The average molecular weight is 845 g/mol. The maximum absolute atomic E-state index is 9.81. The summed E-state index contributed by atoms with van der Waals surface area (Å²) < 4.78 is 156. The Morgan fingerprint density at radius 2 is 0.646 bits per heavy atom. The first-order chi connectivity index (χ1) is 39.3. The number of hydrogen-bond donors (Lipinski definition) is 0. The Kier molecular flexibility index (Phi) is 6.79. The topological polar surface area (TPSA) is 3.24 Å². The van der Waals surface area contributed by atoms with Crippen LogP contribution in [0.1, 0.15) is 23.3 Å². The molecule has 0 aliphatic rings. The van der Waals surface area contributed by atoms with Crippen LogP contribution in [0.2, 0.25) is 0 Å². The van der Waals surface area contributed by atoms with Gasteiger partial charge in [0.15, 0.2) is 0 Å². The molecule has 11 aromatic rings. The number of nitrogens with zero attached hydrogens (tertiary/aromatic N) is 1. The Balaban J connectivity index is 1.12. The predicted molar refractivity (Wildman–Crippen MR) is 277 cm³/mol. The van der Waals surface area contributed by atoms with Gasteiger partial charge in [0.2, 0.25) is 0 Å². The van der Waals surface area contributed by atoms with Gasteiger partial charge in [-0.15, -0.1) is 0 Å². The molecule has 11 aromatic carbocycles. The van der Waals surface area contributed by atoms with Crippen molar-refractivity contribution in [3.05, 3.63) is 273 Å². The van der Waals surface area contributed by atoms with Crippen molar-refractivity contribution in [3.63, 3.8) is 0 Å². The van der Waals surface area contributed by atoms with Crippen LogP contribution in [0.4, 0.5) is 17.1 Å². The molecule has 0 aliphatic carbocycles. The highest BCUT2D eigenvalue weighted by Gasteiger charge is 2.15. The fourth-order valence-electron chi connectivity index (χ4n) is 7.93. The summed E-state index contributed by atoms with van der Waals surface area (Å²) in [7, 11) is 0. The molecule has 0 heterocycles. The summed E-state index contributed by atoms with van der Waals surface area (Å²) in [5, 5.41) is 2.14. The molecule has 0 aliphatic heterocycles. The summed E-state index contributed by atoms with van der Waals surface area (Å²) in [6, 6.07) is 40.6. The van der Waals surface area contributed by atoms with Gasteiger partial charge in [0.25, 0.3) is 0 Å². The van der Waals surface area contributed by atoms with Gasteiger partial charge in [-0.1, -0.05) is 212 Å². The van der Waals surface area contributed by atoms with E-state index in [-0.39, 0.29) is 11.3 Å². The van der Waals surface area contributed by atoms with E-state index in [0.29, 0.717) is 5.56 Å². The molecule has 0 atom stereocenters. The van der Waals surface area contributed by atoms with Crippen LogP contribution >= 0.6 is 0 Å². The standard InChI is InChI=1S/C64H45N/c1-4-14-46(15-5-1)49-26-28-50(29-27-49)51-30-36-60(37-31-51)65(61-38-32-52(33-39-61)55-22-12-23-56(42-55)64-25-13-21-54-20-10-11-24-63(54)64)62-40-34-53(35-41-62)59-44-57(47-16-6-2-7-17-47)43-58(45-59)48-18-8-3-9-19-48/h1-45H/i1D,4D,5D,14D,15D,26D,27D,28D,29D,30D,31D,34D,35D,36D,37D,40D,41D. The minimum absolute atomic E-state index is 0.0413. The molecule has 0 unspecified atom stereocenters. The third-order valence-corrected chi connectivity index (χ3v) is 11.2. The average Bonchev–Trinajstić information content (AvgIpc) is 3.41. The van der Waals surface area contributed by atoms with Gasteiger partial charge in [0, 0.05) is 17.1 Å². The lowest BCUT2D eigenvalue weighted by Crippen LogP contribution is -2.09. The maximum Gasteiger partial charge on any atom is 0.0645 e. The van der Waals surface area contributed by atoms with E-state index < -0.39 is 136 Å². The molecule has 0 saturated heterocycles. The Morgan fingerprint density at radius 3 is 1.23 bits per heavy atom. The summed E-state index contributed by atoms with van der Waals surface area (Å²) in [5.74, 6) is 0. The Bertz CT molecular complexity index is 4240. The van der Waals surface area contributed by atoms with Gasteiger partial charge < -0.3 is 4.90 Å². The molecule has 1 heteroatoms. The van der Waals surface area contributed by atoms with Crippen LogP contribution in [0.3, 0.4) is 0 Å². The van der Waals surface area contributed by atoms with Crippen molar-refractivity contribution >= 4 is 27.8 Å². The fraction of sp³-hybridized carbons (Fsp3) is 0. The molecule has 11 rings (SSSR count). The van der Waals surface area contributed by atoms with Gasteiger partial charge in [-0.3, -0.25) is 0 Å². The number of fused-ring (bicyclic) bond motifs is 1. The highest BCUT2D eigenvalue weighted by atomic mass is 15.1. The lowest BCUT2D eigenvalue weighted by Gasteiger charge is -2.26. The molecule has 0 amide bonds. The molecule has 0 saturated carbocycles. The van der Waals surface area contributed by atoms with Crippen LogP contribution < -0.4 is 4.90 Å². The number of rotatable bonds is 10. The normalized spacial score (nSPS) is 14.7. The first-order valence-electron chi connectivity index (χ1n) is 29.4. The summed E-state index contributed by atoms with van der Waals surface area (Å²) >= 11 is 0. The predicted octanol–water partition coefficient (Wildman–Crippen LogP) is 18.0. The number of anilines is 3. The van der Waals surface area contributed by atoms with E-state index in [9.17, 15) is 11.0 Å². The monoisotopic (exact) mass is 844 g/mol. The quantitative estimate of drug-likeness (QED) is 0.133. The van der Waals surface area contributed by atoms with Crippen LogP contribution in [0.5, 0.6) is 0 Å². The van der Waals surface area contributed by atoms with Crippen LogP contribution in [-0.4, -0.2) is 0 Å². The molecule has 0 N–H and O–H groups in total. The van der Waals surface area contributed by atoms with Crippen molar-refractivity contribution in [2.45, 2.75) is 0 Å². The minimum Gasteiger partial charge on any atom is -0.311 e. The molecule has 0 aromatic heterocycles. The third kappa shape index (κ3) is 8.27. The zero-order valence-electron chi connectivity index (χ0n) is 51.6. The lowest BCUT2D eigenvalue weighted by atomic mass is 9.93. The SMILES string of the molecule is [2H]c1c([2H])c([2H])c(-c2c([2H])c([2H])c(-c3c([2H])c([2H])c(N(c4ccc(-c5cccc(-c6cccc7ccccc67)c5)cc4)c4c([2H])c([2H])c(-c5cc(-c6ccccc6)cc(-c6ccccc6)c5)c([2H])c4[2H])c([2H])c3[2H])c([2H])c2[2H])c([2H])c1[2H]. The van der Waals surface area contributed by atoms with Gasteiger partial charge in [-0.25, -0.2) is 0 Å². The van der Waals surface area contributed by atoms with Crippen molar-refractivity contribution < 1.29 is 23.3 Å². The van der Waals surface area contributed by atoms with Crippen LogP contribution in [0, 0.1) is 0 Å². The van der Waals surface area contributed by atoms with E-state index in [2.05, 4.69) is 6.07 Å².